The molecule has 0 aromatic carbocycles. The van der Waals surface area contributed by atoms with Crippen molar-refractivity contribution in [1.82, 2.24) is 4.98 Å². The molecule has 0 saturated heterocycles. The third-order valence-electron chi connectivity index (χ3n) is 2.24. The molecule has 0 fully saturated rings. The average Bonchev–Trinajstić information content (AvgIpc) is 2.38. The minimum absolute atomic E-state index is 0.0976. The Morgan fingerprint density at radius 2 is 1.95 bits per heavy atom. The number of hydrogen-bond donors (Lipinski definition) is 0. The Morgan fingerprint density at radius 3 is 2.40 bits per heavy atom. The number of halogens is 2. The van der Waals surface area contributed by atoms with Gasteiger partial charge in [-0.3, -0.25) is 15.1 Å². The van der Waals surface area contributed by atoms with Crippen molar-refractivity contribution in [2.45, 2.75) is 13.8 Å². The van der Waals surface area contributed by atoms with Crippen LogP contribution in [0.2, 0.25) is 0 Å². The summed E-state index contributed by atoms with van der Waals surface area (Å²) < 4.78 is 1.79. The summed E-state index contributed by atoms with van der Waals surface area (Å²) in [6, 6.07) is 5.16. The molecule has 106 valence electrons. The van der Waals surface area contributed by atoms with E-state index in [1.165, 1.54) is 13.0 Å². The first-order chi connectivity index (χ1) is 9.31. The van der Waals surface area contributed by atoms with E-state index in [0.29, 0.717) is 10.4 Å². The van der Waals surface area contributed by atoms with Crippen LogP contribution in [-0.2, 0) is 0 Å². The first-order valence-electron chi connectivity index (χ1n) is 5.43. The first-order valence-corrected chi connectivity index (χ1v) is 7.01. The molecule has 2 aromatic rings. The fourth-order valence-corrected chi connectivity index (χ4v) is 1.87. The van der Waals surface area contributed by atoms with Gasteiger partial charge in [0, 0.05) is 23.3 Å². The normalized spacial score (nSPS) is 9.60. The summed E-state index contributed by atoms with van der Waals surface area (Å²) in [5.41, 5.74) is 1.25. The van der Waals surface area contributed by atoms with Gasteiger partial charge in [0.05, 0.1) is 11.0 Å². The number of pyridine rings is 2. The lowest BCUT2D eigenvalue weighted by molar-refractivity contribution is -0.613. The summed E-state index contributed by atoms with van der Waals surface area (Å²) in [6.07, 6.45) is 2.91. The van der Waals surface area contributed by atoms with Crippen LogP contribution in [0.15, 0.2) is 39.5 Å². The van der Waals surface area contributed by atoms with Crippen LogP contribution in [-0.4, -0.2) is 9.91 Å². The third kappa shape index (κ3) is 4.86. The summed E-state index contributed by atoms with van der Waals surface area (Å²) >= 11 is 6.20. The van der Waals surface area contributed by atoms with Gasteiger partial charge < -0.3 is 5.21 Å². The molecule has 0 aliphatic carbocycles. The molecule has 0 radical (unpaired) electrons. The fraction of sp³-hybridized carbons (Fsp3) is 0.167. The molecular formula is C12H11Br2N3O3. The molecule has 0 saturated carbocycles. The molecule has 8 heteroatoms. The van der Waals surface area contributed by atoms with E-state index in [0.717, 1.165) is 16.4 Å². The van der Waals surface area contributed by atoms with Crippen LogP contribution < -0.4 is 4.73 Å². The molecular weight excluding hydrogens is 394 g/mol. The van der Waals surface area contributed by atoms with Crippen LogP contribution in [0.5, 0.6) is 0 Å². The molecule has 0 N–H and O–H groups in total. The Labute approximate surface area is 132 Å². The van der Waals surface area contributed by atoms with E-state index in [1.807, 2.05) is 19.1 Å². The van der Waals surface area contributed by atoms with Crippen molar-refractivity contribution in [1.29, 1.82) is 0 Å². The summed E-state index contributed by atoms with van der Waals surface area (Å²) in [5, 5.41) is 21.2. The van der Waals surface area contributed by atoms with Crippen LogP contribution in [0, 0.1) is 29.2 Å². The summed E-state index contributed by atoms with van der Waals surface area (Å²) in [7, 11) is 0. The Hall–Kier alpha value is -1.54. The first kappa shape index (κ1) is 16.5. The summed E-state index contributed by atoms with van der Waals surface area (Å²) in [4.78, 5) is 13.8. The van der Waals surface area contributed by atoms with E-state index in [-0.39, 0.29) is 10.2 Å². The second kappa shape index (κ2) is 7.30. The highest BCUT2D eigenvalue weighted by molar-refractivity contribution is 9.10. The zero-order valence-corrected chi connectivity index (χ0v) is 13.9. The molecule has 6 nitrogen and oxygen atoms in total. The number of hydrogen-bond acceptors (Lipinski definition) is 4. The largest absolute Gasteiger partial charge is 0.618 e. The van der Waals surface area contributed by atoms with Crippen molar-refractivity contribution < 1.29 is 9.65 Å². The quantitative estimate of drug-likeness (QED) is 0.315. The van der Waals surface area contributed by atoms with Gasteiger partial charge >= 0.3 is 0 Å². The van der Waals surface area contributed by atoms with E-state index < -0.39 is 4.92 Å². The molecule has 2 aromatic heterocycles. The van der Waals surface area contributed by atoms with Crippen LogP contribution in [0.1, 0.15) is 11.4 Å². The van der Waals surface area contributed by atoms with Gasteiger partial charge in [-0.2, -0.15) is 4.73 Å². The zero-order chi connectivity index (χ0) is 15.3. The minimum atomic E-state index is -0.545. The molecule has 0 aliphatic rings. The average molecular weight is 405 g/mol. The summed E-state index contributed by atoms with van der Waals surface area (Å²) in [6.45, 7) is 3.47. The molecule has 20 heavy (non-hydrogen) atoms. The highest BCUT2D eigenvalue weighted by Crippen LogP contribution is 2.22. The van der Waals surface area contributed by atoms with E-state index in [4.69, 9.17) is 0 Å². The van der Waals surface area contributed by atoms with Crippen molar-refractivity contribution >= 4 is 37.5 Å². The van der Waals surface area contributed by atoms with Gasteiger partial charge in [0.2, 0.25) is 6.20 Å². The van der Waals surface area contributed by atoms with E-state index >= 15 is 0 Å². The monoisotopic (exact) mass is 403 g/mol. The lowest BCUT2D eigenvalue weighted by Crippen LogP contribution is -2.29. The minimum Gasteiger partial charge on any atom is -0.618 e. The Kier molecular flexibility index (Phi) is 6.03. The maximum atomic E-state index is 10.9. The van der Waals surface area contributed by atoms with Crippen molar-refractivity contribution in [3.05, 3.63) is 66.2 Å². The lowest BCUT2D eigenvalue weighted by Gasteiger charge is -2.00. The van der Waals surface area contributed by atoms with Crippen LogP contribution >= 0.6 is 31.9 Å². The smallest absolute Gasteiger partial charge is 0.295 e. The van der Waals surface area contributed by atoms with E-state index in [2.05, 4.69) is 36.8 Å². The SMILES string of the molecule is Cc1cc([N+](=O)[O-])c(Br)c[n+]1[O-].Cc1ccc(Br)cn1. The van der Waals surface area contributed by atoms with Gasteiger partial charge in [-0.1, -0.05) is 0 Å². The Balaban J connectivity index is 0.000000217. The molecule has 0 bridgehead atoms. The van der Waals surface area contributed by atoms with Gasteiger partial charge in [-0.05, 0) is 50.9 Å². The molecule has 0 spiro atoms. The maximum absolute atomic E-state index is 10.9. The Bertz CT molecular complexity index is 597. The van der Waals surface area contributed by atoms with Crippen molar-refractivity contribution in [3.63, 3.8) is 0 Å². The van der Waals surface area contributed by atoms with Crippen LogP contribution in [0.25, 0.3) is 0 Å². The predicted octanol–water partition coefficient (Wildman–Crippen LogP) is 3.45. The maximum Gasteiger partial charge on any atom is 0.295 e. The fourth-order valence-electron chi connectivity index (χ4n) is 1.19. The van der Waals surface area contributed by atoms with Crippen LogP contribution in [0.4, 0.5) is 5.69 Å². The number of aryl methyl sites for hydroxylation is 2. The van der Waals surface area contributed by atoms with Gasteiger partial charge in [0.25, 0.3) is 5.69 Å². The lowest BCUT2D eigenvalue weighted by atomic mass is 10.3. The van der Waals surface area contributed by atoms with Crippen LogP contribution in [0.3, 0.4) is 0 Å². The Morgan fingerprint density at radius 1 is 1.30 bits per heavy atom. The standard InChI is InChI=1S/C6H5BrN2O3.C6H6BrN/c1-4-2-6(9(11)12)5(7)3-8(4)10;1-5-2-3-6(7)4-8-5/h2-3H,1H3;2-4H,1H3. The molecule has 0 atom stereocenters. The van der Waals surface area contributed by atoms with Crippen molar-refractivity contribution in [2.24, 2.45) is 0 Å². The number of nitrogens with zero attached hydrogens (tertiary/aromatic N) is 3. The number of aromatic nitrogens is 2. The number of rotatable bonds is 1. The predicted molar refractivity (Wildman–Crippen MR) is 81.2 cm³/mol. The molecule has 2 rings (SSSR count). The molecule has 0 aliphatic heterocycles. The molecule has 2 heterocycles. The van der Waals surface area contributed by atoms with E-state index in [9.17, 15) is 15.3 Å². The van der Waals surface area contributed by atoms with Gasteiger partial charge in [0.1, 0.15) is 0 Å². The van der Waals surface area contributed by atoms with Gasteiger partial charge in [0.15, 0.2) is 10.2 Å². The van der Waals surface area contributed by atoms with Gasteiger partial charge in [-0.25, -0.2) is 0 Å². The molecule has 0 amide bonds. The highest BCUT2D eigenvalue weighted by Gasteiger charge is 2.16. The van der Waals surface area contributed by atoms with E-state index in [1.54, 1.807) is 6.20 Å². The summed E-state index contributed by atoms with van der Waals surface area (Å²) in [5.74, 6) is 0. The van der Waals surface area contributed by atoms with Crippen molar-refractivity contribution in [3.8, 4) is 0 Å². The zero-order valence-electron chi connectivity index (χ0n) is 10.7. The number of nitro groups is 1. The second-order valence-electron chi connectivity index (χ2n) is 3.85. The van der Waals surface area contributed by atoms with Gasteiger partial charge in [-0.15, -0.1) is 0 Å². The molecule has 0 unspecified atom stereocenters. The third-order valence-corrected chi connectivity index (χ3v) is 3.32. The van der Waals surface area contributed by atoms with Crippen molar-refractivity contribution in [2.75, 3.05) is 0 Å². The topological polar surface area (TPSA) is 83.0 Å². The second-order valence-corrected chi connectivity index (χ2v) is 5.62. The highest BCUT2D eigenvalue weighted by atomic mass is 79.9.